The highest BCUT2D eigenvalue weighted by Gasteiger charge is 2.24. The molecule has 1 aliphatic heterocycles. The van der Waals surface area contributed by atoms with Gasteiger partial charge in [-0.1, -0.05) is 13.8 Å². The highest BCUT2D eigenvalue weighted by atomic mass is 127. The molecule has 1 aromatic heterocycles. The van der Waals surface area contributed by atoms with Gasteiger partial charge >= 0.3 is 0 Å². The van der Waals surface area contributed by atoms with Crippen molar-refractivity contribution < 1.29 is 0 Å². The zero-order chi connectivity index (χ0) is 18.5. The zero-order valence-corrected chi connectivity index (χ0v) is 19.7. The van der Waals surface area contributed by atoms with E-state index in [0.717, 1.165) is 61.9 Å². The molecular formula is C20H37IN6. The van der Waals surface area contributed by atoms with Crippen LogP contribution in [0.1, 0.15) is 64.5 Å². The number of hydrogen-bond acceptors (Lipinski definition) is 3. The monoisotopic (exact) mass is 488 g/mol. The summed E-state index contributed by atoms with van der Waals surface area (Å²) in [6, 6.07) is 0.570. The van der Waals surface area contributed by atoms with Crippen LogP contribution in [0.15, 0.2) is 4.99 Å². The summed E-state index contributed by atoms with van der Waals surface area (Å²) in [5, 5.41) is 15.6. The van der Waals surface area contributed by atoms with Crippen molar-refractivity contribution in [2.75, 3.05) is 13.1 Å². The van der Waals surface area contributed by atoms with Gasteiger partial charge in [0, 0.05) is 32.1 Å². The predicted molar refractivity (Wildman–Crippen MR) is 122 cm³/mol. The number of hydrogen-bond donors (Lipinski definition) is 2. The van der Waals surface area contributed by atoms with Crippen molar-refractivity contribution in [1.29, 1.82) is 0 Å². The van der Waals surface area contributed by atoms with Gasteiger partial charge in [-0.2, -0.15) is 0 Å². The first-order valence-electron chi connectivity index (χ1n) is 10.5. The molecule has 0 radical (unpaired) electrons. The molecule has 1 aromatic rings. The Kier molecular flexibility index (Phi) is 8.82. The smallest absolute Gasteiger partial charge is 0.191 e. The number of rotatable bonds is 5. The minimum atomic E-state index is 0. The molecule has 1 aliphatic carbocycles. The van der Waals surface area contributed by atoms with Crippen LogP contribution < -0.4 is 10.6 Å². The summed E-state index contributed by atoms with van der Waals surface area (Å²) in [5.74, 6) is 5.44. The van der Waals surface area contributed by atoms with Crippen molar-refractivity contribution >= 4 is 29.9 Å². The highest BCUT2D eigenvalue weighted by Crippen LogP contribution is 2.29. The van der Waals surface area contributed by atoms with Crippen molar-refractivity contribution in [2.24, 2.45) is 22.7 Å². The van der Waals surface area contributed by atoms with Crippen LogP contribution in [0.4, 0.5) is 0 Å². The number of aryl methyl sites for hydroxylation is 2. The summed E-state index contributed by atoms with van der Waals surface area (Å²) < 4.78 is 2.26. The first-order valence-corrected chi connectivity index (χ1v) is 10.5. The van der Waals surface area contributed by atoms with E-state index in [1.165, 1.54) is 25.7 Å². The summed E-state index contributed by atoms with van der Waals surface area (Å²) in [6.07, 6.45) is 7.38. The minimum absolute atomic E-state index is 0. The molecule has 1 fully saturated rings. The van der Waals surface area contributed by atoms with Gasteiger partial charge < -0.3 is 15.2 Å². The average molecular weight is 488 g/mol. The quantitative estimate of drug-likeness (QED) is 0.378. The van der Waals surface area contributed by atoms with Crippen LogP contribution in [0.25, 0.3) is 0 Å². The zero-order valence-electron chi connectivity index (χ0n) is 17.4. The first kappa shape index (κ1) is 22.4. The molecule has 1 atom stereocenters. The maximum atomic E-state index is 4.91. The molecule has 0 aromatic carbocycles. The van der Waals surface area contributed by atoms with Gasteiger partial charge in [0.05, 0.1) is 0 Å². The Balaban J connectivity index is 0.00000261. The second kappa shape index (κ2) is 10.6. The van der Waals surface area contributed by atoms with Crippen molar-refractivity contribution in [3.8, 4) is 0 Å². The number of halogens is 1. The number of nitrogens with one attached hydrogen (secondary N) is 2. The SMILES string of the molecule is CCNC(=NCC1CCc2nnc(C)n2C1)NC1CCC(C(C)C)CC1.I. The lowest BCUT2D eigenvalue weighted by Crippen LogP contribution is -2.45. The van der Waals surface area contributed by atoms with Crippen molar-refractivity contribution in [3.05, 3.63) is 11.6 Å². The Morgan fingerprint density at radius 1 is 1.19 bits per heavy atom. The molecule has 0 spiro atoms. The topological polar surface area (TPSA) is 67.1 Å². The molecule has 2 heterocycles. The van der Waals surface area contributed by atoms with Gasteiger partial charge in [0.15, 0.2) is 5.96 Å². The summed E-state index contributed by atoms with van der Waals surface area (Å²) in [6.45, 7) is 11.7. The van der Waals surface area contributed by atoms with Crippen LogP contribution in [0.3, 0.4) is 0 Å². The van der Waals surface area contributed by atoms with Gasteiger partial charge in [0.25, 0.3) is 0 Å². The maximum Gasteiger partial charge on any atom is 0.191 e. The van der Waals surface area contributed by atoms with E-state index >= 15 is 0 Å². The van der Waals surface area contributed by atoms with Crippen molar-refractivity contribution in [1.82, 2.24) is 25.4 Å². The van der Waals surface area contributed by atoms with Crippen LogP contribution in [0.5, 0.6) is 0 Å². The molecule has 27 heavy (non-hydrogen) atoms. The summed E-state index contributed by atoms with van der Waals surface area (Å²) in [5.41, 5.74) is 0. The molecule has 2 aliphatic rings. The fourth-order valence-corrected chi connectivity index (χ4v) is 4.34. The van der Waals surface area contributed by atoms with E-state index in [-0.39, 0.29) is 24.0 Å². The second-order valence-electron chi connectivity index (χ2n) is 8.40. The number of aromatic nitrogens is 3. The summed E-state index contributed by atoms with van der Waals surface area (Å²) in [4.78, 5) is 4.91. The Labute approximate surface area is 181 Å². The Hall–Kier alpha value is -0.860. The van der Waals surface area contributed by atoms with Gasteiger partial charge in [0.1, 0.15) is 11.6 Å². The molecule has 0 saturated heterocycles. The first-order chi connectivity index (χ1) is 12.6. The third-order valence-electron chi connectivity index (χ3n) is 6.14. The van der Waals surface area contributed by atoms with Crippen LogP contribution in [-0.2, 0) is 13.0 Å². The standard InChI is InChI=1S/C20H36N6.HI/c1-5-21-20(23-18-9-7-17(8-10-18)14(2)3)22-12-16-6-11-19-25-24-15(4)26(19)13-16;/h14,16-18H,5-13H2,1-4H3,(H2,21,22,23);1H. The van der Waals surface area contributed by atoms with Crippen LogP contribution in [0, 0.1) is 24.7 Å². The Morgan fingerprint density at radius 3 is 2.59 bits per heavy atom. The molecule has 7 heteroatoms. The average Bonchev–Trinajstić information content (AvgIpc) is 3.01. The molecule has 154 valence electrons. The van der Waals surface area contributed by atoms with E-state index in [2.05, 4.69) is 46.2 Å². The number of aliphatic imine (C=N–C) groups is 1. The van der Waals surface area contributed by atoms with E-state index in [0.29, 0.717) is 12.0 Å². The van der Waals surface area contributed by atoms with E-state index in [1.807, 2.05) is 6.92 Å². The molecule has 1 saturated carbocycles. The Morgan fingerprint density at radius 2 is 1.93 bits per heavy atom. The van der Waals surface area contributed by atoms with E-state index in [4.69, 9.17) is 4.99 Å². The van der Waals surface area contributed by atoms with Crippen molar-refractivity contribution in [2.45, 2.75) is 78.8 Å². The molecule has 0 amide bonds. The number of fused-ring (bicyclic) bond motifs is 1. The molecule has 2 N–H and O–H groups in total. The third-order valence-corrected chi connectivity index (χ3v) is 6.14. The largest absolute Gasteiger partial charge is 0.357 e. The normalized spacial score (nSPS) is 25.7. The molecule has 1 unspecified atom stereocenters. The van der Waals surface area contributed by atoms with Gasteiger partial charge in [0.2, 0.25) is 0 Å². The molecular weight excluding hydrogens is 451 g/mol. The van der Waals surface area contributed by atoms with Crippen LogP contribution in [0.2, 0.25) is 0 Å². The van der Waals surface area contributed by atoms with Gasteiger partial charge in [-0.25, -0.2) is 0 Å². The number of guanidine groups is 1. The van der Waals surface area contributed by atoms with Gasteiger partial charge in [-0.15, -0.1) is 34.2 Å². The fourth-order valence-electron chi connectivity index (χ4n) is 4.34. The number of nitrogens with zero attached hydrogens (tertiary/aromatic N) is 4. The molecule has 0 bridgehead atoms. The lowest BCUT2D eigenvalue weighted by atomic mass is 9.80. The highest BCUT2D eigenvalue weighted by molar-refractivity contribution is 14.0. The van der Waals surface area contributed by atoms with Crippen LogP contribution in [-0.4, -0.2) is 39.9 Å². The van der Waals surface area contributed by atoms with Gasteiger partial charge in [-0.3, -0.25) is 4.99 Å². The van der Waals surface area contributed by atoms with E-state index < -0.39 is 0 Å². The van der Waals surface area contributed by atoms with E-state index in [9.17, 15) is 0 Å². The predicted octanol–water partition coefficient (Wildman–Crippen LogP) is 3.54. The van der Waals surface area contributed by atoms with E-state index in [1.54, 1.807) is 0 Å². The lowest BCUT2D eigenvalue weighted by molar-refractivity contribution is 0.250. The fraction of sp³-hybridized carbons (Fsp3) is 0.850. The maximum absolute atomic E-state index is 4.91. The third kappa shape index (κ3) is 6.06. The summed E-state index contributed by atoms with van der Waals surface area (Å²) >= 11 is 0. The van der Waals surface area contributed by atoms with Crippen molar-refractivity contribution in [3.63, 3.8) is 0 Å². The molecule has 6 nitrogen and oxygen atoms in total. The molecule has 3 rings (SSSR count). The minimum Gasteiger partial charge on any atom is -0.357 e. The second-order valence-corrected chi connectivity index (χ2v) is 8.40. The Bertz CT molecular complexity index is 604. The lowest BCUT2D eigenvalue weighted by Gasteiger charge is -2.32. The van der Waals surface area contributed by atoms with Crippen LogP contribution >= 0.6 is 24.0 Å². The van der Waals surface area contributed by atoms with Gasteiger partial charge in [-0.05, 0) is 63.7 Å². The summed E-state index contributed by atoms with van der Waals surface area (Å²) in [7, 11) is 0.